The number of fused-ring (bicyclic) bond motifs is 1. The number of thiazole rings is 1. The van der Waals surface area contributed by atoms with Crippen molar-refractivity contribution in [2.24, 2.45) is 0 Å². The number of nitrogens with zero attached hydrogens (tertiary/aromatic N) is 2. The van der Waals surface area contributed by atoms with Crippen LogP contribution in [-0.4, -0.2) is 29.0 Å². The lowest BCUT2D eigenvalue weighted by Gasteiger charge is -2.11. The summed E-state index contributed by atoms with van der Waals surface area (Å²) in [7, 11) is 4.05. The molecule has 6 heteroatoms. The maximum Gasteiger partial charge on any atom is 0.323 e. The molecule has 0 atom stereocenters. The van der Waals surface area contributed by atoms with Crippen molar-refractivity contribution in [2.45, 2.75) is 0 Å². The fourth-order valence-corrected chi connectivity index (χ4v) is 3.47. The van der Waals surface area contributed by atoms with Crippen LogP contribution in [0.3, 0.4) is 0 Å². The lowest BCUT2D eigenvalue weighted by Crippen LogP contribution is -2.07. The normalized spacial score (nSPS) is 11.1. The Balaban J connectivity index is 1.69. The highest BCUT2D eigenvalue weighted by Gasteiger charge is 2.08. The van der Waals surface area contributed by atoms with Crippen LogP contribution in [0.4, 0.5) is 5.69 Å². The summed E-state index contributed by atoms with van der Waals surface area (Å²) in [5.74, 6) is 0. The molecule has 0 aliphatic carbocycles. The van der Waals surface area contributed by atoms with Gasteiger partial charge in [0.1, 0.15) is 5.01 Å². The van der Waals surface area contributed by atoms with Gasteiger partial charge in [-0.05, 0) is 36.4 Å². The summed E-state index contributed by atoms with van der Waals surface area (Å²) in [4.78, 5) is 23.7. The zero-order valence-corrected chi connectivity index (χ0v) is 14.1. The van der Waals surface area contributed by atoms with Crippen LogP contribution in [-0.2, 0) is 0 Å². The first-order valence-electron chi connectivity index (χ1n) is 7.56. The Morgan fingerprint density at radius 1 is 0.958 bits per heavy atom. The topological polar surface area (TPSA) is 64.8 Å². The number of aromatic amines is 2. The largest absolute Gasteiger partial charge is 0.378 e. The van der Waals surface area contributed by atoms with Crippen LogP contribution < -0.4 is 10.6 Å². The van der Waals surface area contributed by atoms with E-state index in [1.165, 1.54) is 0 Å². The van der Waals surface area contributed by atoms with Crippen LogP contribution >= 0.6 is 11.3 Å². The Labute approximate surface area is 142 Å². The van der Waals surface area contributed by atoms with E-state index in [0.29, 0.717) is 0 Å². The third kappa shape index (κ3) is 2.61. The van der Waals surface area contributed by atoms with Gasteiger partial charge in [0, 0.05) is 36.3 Å². The molecule has 0 bridgehead atoms. The van der Waals surface area contributed by atoms with Gasteiger partial charge in [-0.1, -0.05) is 6.07 Å². The van der Waals surface area contributed by atoms with Gasteiger partial charge in [0.15, 0.2) is 0 Å². The molecule has 5 nitrogen and oxygen atoms in total. The van der Waals surface area contributed by atoms with Gasteiger partial charge in [0.2, 0.25) is 0 Å². The van der Waals surface area contributed by atoms with Gasteiger partial charge < -0.3 is 14.9 Å². The van der Waals surface area contributed by atoms with Crippen LogP contribution in [0, 0.1) is 0 Å². The third-order valence-corrected chi connectivity index (χ3v) is 4.84. The van der Waals surface area contributed by atoms with Gasteiger partial charge in [-0.15, -0.1) is 11.3 Å². The molecule has 2 aromatic carbocycles. The van der Waals surface area contributed by atoms with Crippen molar-refractivity contribution < 1.29 is 0 Å². The number of benzene rings is 2. The number of imidazole rings is 1. The van der Waals surface area contributed by atoms with Gasteiger partial charge in [-0.25, -0.2) is 9.78 Å². The Hall–Kier alpha value is -2.86. The minimum Gasteiger partial charge on any atom is -0.378 e. The van der Waals surface area contributed by atoms with E-state index in [1.54, 1.807) is 11.3 Å². The maximum atomic E-state index is 11.4. The van der Waals surface area contributed by atoms with Crippen LogP contribution in [0.25, 0.3) is 32.9 Å². The fourth-order valence-electron chi connectivity index (χ4n) is 2.63. The monoisotopic (exact) mass is 336 g/mol. The van der Waals surface area contributed by atoms with E-state index in [4.69, 9.17) is 4.98 Å². The molecule has 0 fully saturated rings. The van der Waals surface area contributed by atoms with Crippen molar-refractivity contribution in [3.8, 4) is 21.8 Å². The van der Waals surface area contributed by atoms with Crippen LogP contribution in [0.5, 0.6) is 0 Å². The smallest absolute Gasteiger partial charge is 0.323 e. The summed E-state index contributed by atoms with van der Waals surface area (Å²) in [6.45, 7) is 0. The van der Waals surface area contributed by atoms with E-state index in [-0.39, 0.29) is 5.69 Å². The molecular weight excluding hydrogens is 320 g/mol. The van der Waals surface area contributed by atoms with E-state index < -0.39 is 0 Å². The molecule has 0 aliphatic rings. The zero-order valence-electron chi connectivity index (χ0n) is 13.3. The first-order chi connectivity index (χ1) is 11.6. The second kappa shape index (κ2) is 5.65. The summed E-state index contributed by atoms with van der Waals surface area (Å²) in [5, 5.41) is 3.03. The SMILES string of the molecule is CN(C)c1ccc(-c2nc(-c3ccc4[nH]c(=O)[nH]c4c3)cs2)cc1. The van der Waals surface area contributed by atoms with E-state index >= 15 is 0 Å². The number of hydrogen-bond donors (Lipinski definition) is 2. The van der Waals surface area contributed by atoms with E-state index in [0.717, 1.165) is 38.5 Å². The molecule has 0 aliphatic heterocycles. The molecule has 0 saturated heterocycles. The predicted molar refractivity (Wildman–Crippen MR) is 99.8 cm³/mol. The number of anilines is 1. The first-order valence-corrected chi connectivity index (χ1v) is 8.44. The minimum absolute atomic E-state index is 0.193. The average Bonchev–Trinajstić information content (AvgIpc) is 3.19. The number of rotatable bonds is 3. The Kier molecular flexibility index (Phi) is 3.46. The second-order valence-corrected chi connectivity index (χ2v) is 6.68. The molecule has 2 aromatic heterocycles. The number of H-pyrrole nitrogens is 2. The third-order valence-electron chi connectivity index (χ3n) is 3.95. The van der Waals surface area contributed by atoms with E-state index in [9.17, 15) is 4.79 Å². The van der Waals surface area contributed by atoms with Gasteiger partial charge >= 0.3 is 5.69 Å². The molecule has 0 unspecified atom stereocenters. The zero-order chi connectivity index (χ0) is 16.7. The van der Waals surface area contributed by atoms with Crippen molar-refractivity contribution in [3.63, 3.8) is 0 Å². The fraction of sp³-hybridized carbons (Fsp3) is 0.111. The van der Waals surface area contributed by atoms with Crippen LogP contribution in [0.1, 0.15) is 0 Å². The van der Waals surface area contributed by atoms with Crippen LogP contribution in [0.2, 0.25) is 0 Å². The lowest BCUT2D eigenvalue weighted by molar-refractivity contribution is 1.13. The quantitative estimate of drug-likeness (QED) is 0.599. The number of nitrogens with one attached hydrogen (secondary N) is 2. The Bertz CT molecular complexity index is 1060. The molecule has 2 heterocycles. The van der Waals surface area contributed by atoms with E-state index in [2.05, 4.69) is 39.1 Å². The first kappa shape index (κ1) is 14.7. The molecule has 0 amide bonds. The molecule has 0 saturated carbocycles. The second-order valence-electron chi connectivity index (χ2n) is 5.82. The number of hydrogen-bond acceptors (Lipinski definition) is 4. The molecule has 120 valence electrons. The average molecular weight is 336 g/mol. The minimum atomic E-state index is -0.193. The Morgan fingerprint density at radius 2 is 1.67 bits per heavy atom. The summed E-state index contributed by atoms with van der Waals surface area (Å²) in [5.41, 5.74) is 5.58. The molecule has 4 rings (SSSR count). The summed E-state index contributed by atoms with van der Waals surface area (Å²) >= 11 is 1.62. The van der Waals surface area contributed by atoms with Crippen LogP contribution in [0.15, 0.2) is 52.6 Å². The Morgan fingerprint density at radius 3 is 2.42 bits per heavy atom. The predicted octanol–water partition coefficient (Wildman–Crippen LogP) is 3.71. The standard InChI is InChI=1S/C18H16N4OS/c1-22(2)13-6-3-11(4-7-13)17-19-16(10-24-17)12-5-8-14-15(9-12)21-18(23)20-14/h3-10H,1-2H3,(H2,20,21,23). The lowest BCUT2D eigenvalue weighted by atomic mass is 10.1. The van der Waals surface area contributed by atoms with Crippen molar-refractivity contribution in [3.05, 3.63) is 58.3 Å². The highest BCUT2D eigenvalue weighted by molar-refractivity contribution is 7.13. The molecule has 2 N–H and O–H groups in total. The van der Waals surface area contributed by atoms with Gasteiger partial charge in [-0.2, -0.15) is 0 Å². The maximum absolute atomic E-state index is 11.4. The summed E-state index contributed by atoms with van der Waals surface area (Å²) < 4.78 is 0. The highest BCUT2D eigenvalue weighted by atomic mass is 32.1. The van der Waals surface area contributed by atoms with E-state index in [1.807, 2.05) is 37.7 Å². The summed E-state index contributed by atoms with van der Waals surface area (Å²) in [6.07, 6.45) is 0. The molecular formula is C18H16N4OS. The van der Waals surface area contributed by atoms with Gasteiger partial charge in [0.25, 0.3) is 0 Å². The van der Waals surface area contributed by atoms with Crippen molar-refractivity contribution in [1.82, 2.24) is 15.0 Å². The summed E-state index contributed by atoms with van der Waals surface area (Å²) in [6, 6.07) is 14.2. The molecule has 0 radical (unpaired) electrons. The van der Waals surface area contributed by atoms with Crippen molar-refractivity contribution in [2.75, 3.05) is 19.0 Å². The number of aromatic nitrogens is 3. The van der Waals surface area contributed by atoms with Crippen molar-refractivity contribution in [1.29, 1.82) is 0 Å². The van der Waals surface area contributed by atoms with Gasteiger partial charge in [0.05, 0.1) is 16.7 Å². The molecule has 4 aromatic rings. The van der Waals surface area contributed by atoms with Crippen molar-refractivity contribution >= 4 is 28.1 Å². The highest BCUT2D eigenvalue weighted by Crippen LogP contribution is 2.30. The molecule has 24 heavy (non-hydrogen) atoms. The van der Waals surface area contributed by atoms with Gasteiger partial charge in [-0.3, -0.25) is 0 Å². The molecule has 0 spiro atoms.